The van der Waals surface area contributed by atoms with Gasteiger partial charge < -0.3 is 15.3 Å². The van der Waals surface area contributed by atoms with E-state index in [0.717, 1.165) is 44.9 Å². The van der Waals surface area contributed by atoms with Crippen LogP contribution in [0.3, 0.4) is 0 Å². The van der Waals surface area contributed by atoms with Gasteiger partial charge in [0, 0.05) is 37.2 Å². The number of Topliss-reactive ketones (excluding diaryl/α,β-unsaturated/α-hetero) is 1. The molecule has 0 radical (unpaired) electrons. The van der Waals surface area contributed by atoms with Crippen molar-refractivity contribution < 1.29 is 19.5 Å². The first-order valence-electron chi connectivity index (χ1n) is 11.7. The summed E-state index contributed by atoms with van der Waals surface area (Å²) in [6.45, 7) is 3.91. The fourth-order valence-electron chi connectivity index (χ4n) is 6.37. The summed E-state index contributed by atoms with van der Waals surface area (Å²) in [5.74, 6) is -0.426. The molecule has 5 aliphatic rings. The van der Waals surface area contributed by atoms with Crippen LogP contribution in [0.25, 0.3) is 0 Å². The molecule has 3 saturated heterocycles. The van der Waals surface area contributed by atoms with Gasteiger partial charge in [0.2, 0.25) is 5.78 Å². The predicted octanol–water partition coefficient (Wildman–Crippen LogP) is 2.23. The Bertz CT molecular complexity index is 871. The normalized spacial score (nSPS) is 30.7. The lowest BCUT2D eigenvalue weighted by molar-refractivity contribution is -0.148. The van der Waals surface area contributed by atoms with Crippen molar-refractivity contribution in [1.82, 2.24) is 15.1 Å². The zero-order valence-electron chi connectivity index (χ0n) is 17.9. The van der Waals surface area contributed by atoms with Crippen LogP contribution in [-0.2, 0) is 4.79 Å². The molecule has 7 nitrogen and oxygen atoms in total. The maximum absolute atomic E-state index is 13.9. The van der Waals surface area contributed by atoms with Gasteiger partial charge in [0.25, 0.3) is 5.91 Å². The molecule has 5 heterocycles. The SMILES string of the molecule is O=C(O)C1CCN2C(=O)c3ccc(cc3)C(=O)C2(N2CCC(C3CCNCC3)CC2)C1. The highest BCUT2D eigenvalue weighted by Crippen LogP contribution is 2.43. The van der Waals surface area contributed by atoms with Gasteiger partial charge in [-0.2, -0.15) is 0 Å². The van der Waals surface area contributed by atoms with Gasteiger partial charge in [0.05, 0.1) is 5.92 Å². The minimum atomic E-state index is -1.19. The molecule has 0 aliphatic carbocycles. The van der Waals surface area contributed by atoms with E-state index in [1.54, 1.807) is 29.2 Å². The monoisotopic (exact) mass is 425 g/mol. The van der Waals surface area contributed by atoms with Crippen LogP contribution in [0.4, 0.5) is 0 Å². The Morgan fingerprint density at radius 1 is 0.903 bits per heavy atom. The van der Waals surface area contributed by atoms with E-state index in [1.165, 1.54) is 12.8 Å². The van der Waals surface area contributed by atoms with Gasteiger partial charge in [-0.3, -0.25) is 19.3 Å². The zero-order chi connectivity index (χ0) is 21.6. The summed E-state index contributed by atoms with van der Waals surface area (Å²) in [7, 11) is 0. The van der Waals surface area contributed by atoms with Crippen LogP contribution < -0.4 is 5.32 Å². The Morgan fingerprint density at radius 3 is 2.16 bits per heavy atom. The summed E-state index contributed by atoms with van der Waals surface area (Å²) in [5.41, 5.74) is -0.0557. The Kier molecular flexibility index (Phi) is 5.34. The fraction of sp³-hybridized carbons (Fsp3) is 0.625. The number of likely N-dealkylation sites (tertiary alicyclic amines) is 1. The Morgan fingerprint density at radius 2 is 1.52 bits per heavy atom. The first-order valence-corrected chi connectivity index (χ1v) is 11.7. The second kappa shape index (κ2) is 8.02. The molecule has 1 aromatic rings. The smallest absolute Gasteiger partial charge is 0.306 e. The van der Waals surface area contributed by atoms with Crippen LogP contribution in [0, 0.1) is 17.8 Å². The molecule has 0 aromatic heterocycles. The van der Waals surface area contributed by atoms with E-state index in [1.807, 2.05) is 0 Å². The molecule has 2 bridgehead atoms. The van der Waals surface area contributed by atoms with Crippen LogP contribution in [-0.4, -0.2) is 71.0 Å². The van der Waals surface area contributed by atoms with Crippen LogP contribution >= 0.6 is 0 Å². The van der Waals surface area contributed by atoms with E-state index in [9.17, 15) is 19.5 Å². The maximum Gasteiger partial charge on any atom is 0.306 e. The summed E-state index contributed by atoms with van der Waals surface area (Å²) in [6, 6.07) is 6.87. The number of carboxylic acid groups (broad SMARTS) is 1. The molecular formula is C24H31N3O4. The van der Waals surface area contributed by atoms with E-state index >= 15 is 0 Å². The molecule has 6 rings (SSSR count). The van der Waals surface area contributed by atoms with E-state index in [4.69, 9.17) is 0 Å². The maximum atomic E-state index is 13.9. The molecule has 0 spiro atoms. The third-order valence-electron chi connectivity index (χ3n) is 8.14. The summed E-state index contributed by atoms with van der Waals surface area (Å²) in [6.07, 6.45) is 4.95. The van der Waals surface area contributed by atoms with Crippen LogP contribution in [0.15, 0.2) is 24.3 Å². The second-order valence-corrected chi connectivity index (χ2v) is 9.62. The number of rotatable bonds is 3. The van der Waals surface area contributed by atoms with Gasteiger partial charge in [0.1, 0.15) is 0 Å². The van der Waals surface area contributed by atoms with Gasteiger partial charge in [-0.1, -0.05) is 12.1 Å². The highest BCUT2D eigenvalue weighted by Gasteiger charge is 2.56. The van der Waals surface area contributed by atoms with Crippen molar-refractivity contribution in [1.29, 1.82) is 0 Å². The van der Waals surface area contributed by atoms with Gasteiger partial charge in [-0.05, 0) is 69.2 Å². The van der Waals surface area contributed by atoms with Gasteiger partial charge >= 0.3 is 5.97 Å². The second-order valence-electron chi connectivity index (χ2n) is 9.62. The van der Waals surface area contributed by atoms with Crippen LogP contribution in [0.5, 0.6) is 0 Å². The Labute approximate surface area is 182 Å². The van der Waals surface area contributed by atoms with Gasteiger partial charge in [-0.25, -0.2) is 0 Å². The number of fused-ring (bicyclic) bond motifs is 2. The molecule has 31 heavy (non-hydrogen) atoms. The predicted molar refractivity (Wildman–Crippen MR) is 115 cm³/mol. The molecule has 2 N–H and O–H groups in total. The molecule has 2 atom stereocenters. The van der Waals surface area contributed by atoms with Crippen LogP contribution in [0.2, 0.25) is 0 Å². The molecule has 7 heteroatoms. The zero-order valence-corrected chi connectivity index (χ0v) is 17.9. The third kappa shape index (κ3) is 3.38. The van der Waals surface area contributed by atoms with Crippen LogP contribution in [0.1, 0.15) is 59.2 Å². The average Bonchev–Trinajstić information content (AvgIpc) is 2.83. The highest BCUT2D eigenvalue weighted by atomic mass is 16.4. The largest absolute Gasteiger partial charge is 0.481 e. The number of aliphatic carboxylic acids is 1. The number of carbonyl (C=O) groups excluding carboxylic acids is 2. The molecule has 1 amide bonds. The lowest BCUT2D eigenvalue weighted by Crippen LogP contribution is -2.71. The lowest BCUT2D eigenvalue weighted by Gasteiger charge is -2.55. The summed E-state index contributed by atoms with van der Waals surface area (Å²) < 4.78 is 0. The summed E-state index contributed by atoms with van der Waals surface area (Å²) in [4.78, 5) is 43.1. The quantitative estimate of drug-likeness (QED) is 0.772. The molecule has 3 fully saturated rings. The van der Waals surface area contributed by atoms with Crippen molar-refractivity contribution in [3.05, 3.63) is 35.4 Å². The van der Waals surface area contributed by atoms with Crippen molar-refractivity contribution in [3.63, 3.8) is 0 Å². The third-order valence-corrected chi connectivity index (χ3v) is 8.14. The molecule has 166 valence electrons. The number of piperidine rings is 3. The number of carbonyl (C=O) groups is 3. The minimum Gasteiger partial charge on any atom is -0.481 e. The number of nitrogens with zero attached hydrogens (tertiary/aromatic N) is 2. The molecule has 5 aliphatic heterocycles. The van der Waals surface area contributed by atoms with E-state index in [-0.39, 0.29) is 18.1 Å². The molecule has 2 unspecified atom stereocenters. The van der Waals surface area contributed by atoms with E-state index in [2.05, 4.69) is 10.2 Å². The Hall–Kier alpha value is -2.25. The van der Waals surface area contributed by atoms with E-state index < -0.39 is 17.6 Å². The number of hydrogen-bond donors (Lipinski definition) is 2. The first-order chi connectivity index (χ1) is 15.0. The Balaban J connectivity index is 1.48. The van der Waals surface area contributed by atoms with Crippen molar-refractivity contribution >= 4 is 17.7 Å². The molecular weight excluding hydrogens is 394 g/mol. The number of benzene rings is 1. The number of carboxylic acids is 1. The number of ketones is 1. The number of nitrogens with one attached hydrogen (secondary N) is 1. The van der Waals surface area contributed by atoms with Gasteiger partial charge in [0.15, 0.2) is 5.66 Å². The van der Waals surface area contributed by atoms with Gasteiger partial charge in [-0.15, -0.1) is 0 Å². The van der Waals surface area contributed by atoms with Crippen molar-refractivity contribution in [2.75, 3.05) is 32.7 Å². The van der Waals surface area contributed by atoms with E-state index in [0.29, 0.717) is 30.0 Å². The standard InChI is InChI=1S/C24H31N3O4/c28-21-18-1-3-19(4-2-18)22(29)27-14-9-20(23(30)31)15-24(21,27)26-12-7-17(8-13-26)16-5-10-25-11-6-16/h1-4,16-17,20,25H,5-15H2,(H,30,31). The molecule has 0 saturated carbocycles. The number of hydrogen-bond acceptors (Lipinski definition) is 5. The summed E-state index contributed by atoms with van der Waals surface area (Å²) in [5, 5.41) is 13.2. The topological polar surface area (TPSA) is 90.0 Å². The molecule has 1 aromatic carbocycles. The van der Waals surface area contributed by atoms with Crippen molar-refractivity contribution in [2.24, 2.45) is 17.8 Å². The number of amides is 1. The summed E-state index contributed by atoms with van der Waals surface area (Å²) >= 11 is 0. The average molecular weight is 426 g/mol. The van der Waals surface area contributed by atoms with Crippen molar-refractivity contribution in [2.45, 2.75) is 44.2 Å². The first kappa shape index (κ1) is 20.6. The lowest BCUT2D eigenvalue weighted by atomic mass is 9.75. The highest BCUT2D eigenvalue weighted by molar-refractivity contribution is 6.09. The van der Waals surface area contributed by atoms with Crippen molar-refractivity contribution in [3.8, 4) is 0 Å². The fourth-order valence-corrected chi connectivity index (χ4v) is 6.37. The minimum absolute atomic E-state index is 0.127.